The Morgan fingerprint density at radius 1 is 1.28 bits per heavy atom. The van der Waals surface area contributed by atoms with E-state index in [9.17, 15) is 31.1 Å². The fourth-order valence-corrected chi connectivity index (χ4v) is 6.20. The zero-order valence-corrected chi connectivity index (χ0v) is 14.8. The molecule has 2 aliphatic heterocycles. The zero-order valence-electron chi connectivity index (χ0n) is 13.2. The predicted molar refractivity (Wildman–Crippen MR) is 86.4 cm³/mol. The molecule has 2 N–H and O–H groups in total. The average Bonchev–Trinajstić information content (AvgIpc) is 3.03. The molecule has 138 valence electrons. The molecule has 3 rings (SSSR count). The van der Waals surface area contributed by atoms with Crippen molar-refractivity contribution in [3.05, 3.63) is 24.0 Å². The quantitative estimate of drug-likeness (QED) is 0.765. The molecule has 3 unspecified atom stereocenters. The van der Waals surface area contributed by atoms with Crippen LogP contribution in [0.2, 0.25) is 0 Å². The smallest absolute Gasteiger partial charge is 0.308 e. The first-order valence-electron chi connectivity index (χ1n) is 7.54. The Balaban J connectivity index is 1.95. The Labute approximate surface area is 144 Å². The van der Waals surface area contributed by atoms with Gasteiger partial charge >= 0.3 is 5.97 Å². The van der Waals surface area contributed by atoms with Gasteiger partial charge in [0.05, 0.1) is 17.9 Å². The molecule has 2 saturated heterocycles. The maximum Gasteiger partial charge on any atom is 0.308 e. The lowest BCUT2D eigenvalue weighted by atomic mass is 9.89. The minimum Gasteiger partial charge on any atom is -0.481 e. The van der Waals surface area contributed by atoms with E-state index in [0.29, 0.717) is 12.8 Å². The molecule has 3 atom stereocenters. The molecule has 0 radical (unpaired) electrons. The minimum absolute atomic E-state index is 0.0910. The van der Waals surface area contributed by atoms with E-state index in [2.05, 4.69) is 4.72 Å². The summed E-state index contributed by atoms with van der Waals surface area (Å²) in [7, 11) is -7.84. The molecule has 1 aromatic carbocycles. The first-order chi connectivity index (χ1) is 11.5. The molecule has 0 amide bonds. The second-order valence-electron chi connectivity index (χ2n) is 6.33. The van der Waals surface area contributed by atoms with Crippen molar-refractivity contribution in [2.45, 2.75) is 36.2 Å². The molecule has 8 nitrogen and oxygen atoms in total. The largest absolute Gasteiger partial charge is 0.481 e. The van der Waals surface area contributed by atoms with E-state index in [4.69, 9.17) is 0 Å². The van der Waals surface area contributed by atoms with E-state index < -0.39 is 54.7 Å². The van der Waals surface area contributed by atoms with Crippen LogP contribution in [0.4, 0.5) is 10.1 Å². The summed E-state index contributed by atoms with van der Waals surface area (Å²) in [5.41, 5.74) is -0.0910. The fraction of sp³-hybridized carbons (Fsp3) is 0.500. The van der Waals surface area contributed by atoms with Crippen LogP contribution in [-0.4, -0.2) is 50.6 Å². The van der Waals surface area contributed by atoms with E-state index in [1.54, 1.807) is 0 Å². The van der Waals surface area contributed by atoms with Crippen LogP contribution in [-0.2, 0) is 24.8 Å². The van der Waals surface area contributed by atoms with Crippen molar-refractivity contribution >= 4 is 31.7 Å². The number of sulfonamides is 2. The van der Waals surface area contributed by atoms with Crippen molar-refractivity contribution in [3.63, 3.8) is 0 Å². The molecule has 25 heavy (non-hydrogen) atoms. The van der Waals surface area contributed by atoms with E-state index in [1.807, 2.05) is 0 Å². The molecule has 2 aliphatic rings. The van der Waals surface area contributed by atoms with Crippen molar-refractivity contribution in [2.75, 3.05) is 11.0 Å². The summed E-state index contributed by atoms with van der Waals surface area (Å²) in [5, 5.41) is 9.23. The molecule has 11 heteroatoms. The van der Waals surface area contributed by atoms with Crippen LogP contribution in [0.25, 0.3) is 0 Å². The summed E-state index contributed by atoms with van der Waals surface area (Å²) in [5.74, 6) is -2.94. The van der Waals surface area contributed by atoms with Crippen molar-refractivity contribution in [1.29, 1.82) is 0 Å². The van der Waals surface area contributed by atoms with Crippen molar-refractivity contribution in [1.82, 2.24) is 4.31 Å². The molecular weight excluding hydrogens is 375 g/mol. The summed E-state index contributed by atoms with van der Waals surface area (Å²) in [6.45, 7) is 0. The number of aliphatic carboxylic acids is 1. The third kappa shape index (κ3) is 3.23. The van der Waals surface area contributed by atoms with Crippen LogP contribution in [0, 0.1) is 11.7 Å². The Kier molecular flexibility index (Phi) is 4.28. The Bertz CT molecular complexity index is 931. The second kappa shape index (κ2) is 5.92. The number of anilines is 1. The Hall–Kier alpha value is -1.72. The molecule has 0 aliphatic carbocycles. The van der Waals surface area contributed by atoms with Crippen molar-refractivity contribution in [2.24, 2.45) is 5.92 Å². The van der Waals surface area contributed by atoms with E-state index in [0.717, 1.165) is 28.8 Å². The number of carboxylic acids is 1. The van der Waals surface area contributed by atoms with E-state index in [-0.39, 0.29) is 12.1 Å². The van der Waals surface area contributed by atoms with Gasteiger partial charge in [-0.15, -0.1) is 0 Å². The maximum absolute atomic E-state index is 14.3. The van der Waals surface area contributed by atoms with Crippen LogP contribution in [0.15, 0.2) is 23.1 Å². The lowest BCUT2D eigenvalue weighted by Crippen LogP contribution is -2.38. The van der Waals surface area contributed by atoms with E-state index in [1.165, 1.54) is 0 Å². The van der Waals surface area contributed by atoms with Crippen LogP contribution in [0.1, 0.15) is 19.3 Å². The van der Waals surface area contributed by atoms with Crippen LogP contribution >= 0.6 is 0 Å². The van der Waals surface area contributed by atoms with Gasteiger partial charge in [-0.05, 0) is 37.5 Å². The van der Waals surface area contributed by atoms with Crippen molar-refractivity contribution < 1.29 is 31.1 Å². The lowest BCUT2D eigenvalue weighted by molar-refractivity contribution is -0.142. The van der Waals surface area contributed by atoms with Crippen LogP contribution in [0.3, 0.4) is 0 Å². The molecule has 0 aromatic heterocycles. The van der Waals surface area contributed by atoms with Gasteiger partial charge in [-0.1, -0.05) is 0 Å². The number of fused-ring (bicyclic) bond motifs is 2. The number of nitrogens with one attached hydrogen (secondary N) is 1. The van der Waals surface area contributed by atoms with Gasteiger partial charge in [-0.25, -0.2) is 21.2 Å². The summed E-state index contributed by atoms with van der Waals surface area (Å²) in [6, 6.07) is 1.81. The second-order valence-corrected chi connectivity index (χ2v) is 9.89. The average molecular weight is 392 g/mol. The standard InChI is InChI=1S/C14H17FN2O6S2/c1-24(20,21)16-8-2-5-13(11(15)6-8)25(22,23)17-9-3-4-12(17)10(7-9)14(18)19/h2,5-6,9-10,12,16H,3-4,7H2,1H3,(H,18,19). The normalized spacial score (nSPS) is 26.7. The third-order valence-corrected chi connectivity index (χ3v) is 7.20. The lowest BCUT2D eigenvalue weighted by Gasteiger charge is -2.23. The number of carbonyl (C=O) groups is 1. The monoisotopic (exact) mass is 392 g/mol. The highest BCUT2D eigenvalue weighted by atomic mass is 32.2. The number of hydrogen-bond acceptors (Lipinski definition) is 5. The number of nitrogens with zero attached hydrogens (tertiary/aromatic N) is 1. The molecule has 2 heterocycles. The van der Waals surface area contributed by atoms with Crippen molar-refractivity contribution in [3.8, 4) is 0 Å². The van der Waals surface area contributed by atoms with Crippen LogP contribution in [0.5, 0.6) is 0 Å². The van der Waals surface area contributed by atoms with Crippen LogP contribution < -0.4 is 4.72 Å². The molecule has 0 saturated carbocycles. The zero-order chi connectivity index (χ0) is 18.6. The third-order valence-electron chi connectivity index (χ3n) is 4.58. The van der Waals surface area contributed by atoms with Gasteiger partial charge in [0.25, 0.3) is 0 Å². The molecule has 1 aromatic rings. The van der Waals surface area contributed by atoms with Gasteiger partial charge in [0.2, 0.25) is 20.0 Å². The van der Waals surface area contributed by atoms with Gasteiger partial charge in [0.15, 0.2) is 0 Å². The number of rotatable bonds is 5. The number of benzene rings is 1. The first kappa shape index (κ1) is 18.1. The minimum atomic E-state index is -4.21. The van der Waals surface area contributed by atoms with Gasteiger partial charge < -0.3 is 5.11 Å². The number of halogens is 1. The summed E-state index contributed by atoms with van der Waals surface area (Å²) < 4.78 is 65.6. The highest BCUT2D eigenvalue weighted by Crippen LogP contribution is 2.45. The molecule has 2 bridgehead atoms. The first-order valence-corrected chi connectivity index (χ1v) is 10.9. The van der Waals surface area contributed by atoms with Gasteiger partial charge in [-0.3, -0.25) is 9.52 Å². The molecular formula is C14H17FN2O6S2. The summed E-state index contributed by atoms with van der Waals surface area (Å²) in [4.78, 5) is 10.7. The topological polar surface area (TPSA) is 121 Å². The maximum atomic E-state index is 14.3. The van der Waals surface area contributed by atoms with Gasteiger partial charge in [-0.2, -0.15) is 4.31 Å². The number of carboxylic acid groups (broad SMARTS) is 1. The Morgan fingerprint density at radius 3 is 2.48 bits per heavy atom. The SMILES string of the molecule is CS(=O)(=O)Nc1ccc(S(=O)(=O)N2C3CCC2C(C(=O)O)C3)c(F)c1. The van der Waals surface area contributed by atoms with Gasteiger partial charge in [0, 0.05) is 12.1 Å². The predicted octanol–water partition coefficient (Wildman–Crippen LogP) is 0.823. The van der Waals surface area contributed by atoms with Gasteiger partial charge in [0.1, 0.15) is 10.7 Å². The molecule has 2 fully saturated rings. The number of hydrogen-bond donors (Lipinski definition) is 2. The Morgan fingerprint density at radius 2 is 1.96 bits per heavy atom. The molecule has 0 spiro atoms. The highest BCUT2D eigenvalue weighted by Gasteiger charge is 2.54. The summed E-state index contributed by atoms with van der Waals surface area (Å²) in [6.07, 6.45) is 2.08. The fourth-order valence-electron chi connectivity index (χ4n) is 3.68. The summed E-state index contributed by atoms with van der Waals surface area (Å²) >= 11 is 0. The highest BCUT2D eigenvalue weighted by molar-refractivity contribution is 7.92. The van der Waals surface area contributed by atoms with E-state index >= 15 is 0 Å².